The fourth-order valence-corrected chi connectivity index (χ4v) is 15.3. The highest BCUT2D eigenvalue weighted by Crippen LogP contribution is 2.58. The summed E-state index contributed by atoms with van der Waals surface area (Å²) in [5.41, 5.74) is 0. The zero-order valence-corrected chi connectivity index (χ0v) is 49.7. The molecule has 422 valence electrons. The Bertz CT molecular complexity index is 1000. The normalized spacial score (nSPS) is 18.7. The van der Waals surface area contributed by atoms with Gasteiger partial charge in [0, 0.05) is 0 Å². The van der Waals surface area contributed by atoms with Crippen LogP contribution in [0.1, 0.15) is 387 Å². The van der Waals surface area contributed by atoms with Crippen LogP contribution in [0.4, 0.5) is 0 Å². The molecule has 0 aromatic heterocycles. The maximum atomic E-state index is 16.1. The largest absolute Gasteiger partial charge is 0.475 e. The average molecular weight is 1020 g/mol. The summed E-state index contributed by atoms with van der Waals surface area (Å²) in [6, 6.07) is 0. The van der Waals surface area contributed by atoms with Gasteiger partial charge >= 0.3 is 7.82 Å². The molecule has 3 rings (SSSR count). The van der Waals surface area contributed by atoms with Crippen molar-refractivity contribution in [2.45, 2.75) is 405 Å². The van der Waals surface area contributed by atoms with Crippen LogP contribution in [0.3, 0.4) is 0 Å². The topological polar surface area (TPSA) is 44.8 Å². The van der Waals surface area contributed by atoms with Gasteiger partial charge in [0.2, 0.25) is 0 Å². The Morgan fingerprint density at radius 3 is 0.620 bits per heavy atom. The zero-order valence-electron chi connectivity index (χ0n) is 48.8. The van der Waals surface area contributed by atoms with E-state index in [0.717, 1.165) is 19.3 Å². The first-order chi connectivity index (χ1) is 35.1. The molecule has 0 amide bonds. The molecule has 3 saturated carbocycles. The van der Waals surface area contributed by atoms with Crippen molar-refractivity contribution in [2.24, 2.45) is 17.8 Å². The number of unbranched alkanes of at least 4 members (excludes halogenated alkanes) is 36. The Morgan fingerprint density at radius 1 is 0.268 bits per heavy atom. The highest BCUT2D eigenvalue weighted by Gasteiger charge is 2.42. The van der Waals surface area contributed by atoms with Gasteiger partial charge in [0.1, 0.15) is 0 Å². The van der Waals surface area contributed by atoms with Gasteiger partial charge in [0.15, 0.2) is 0 Å². The van der Waals surface area contributed by atoms with Gasteiger partial charge in [-0.25, -0.2) is 4.57 Å². The lowest BCUT2D eigenvalue weighted by molar-refractivity contribution is -0.0275. The summed E-state index contributed by atoms with van der Waals surface area (Å²) in [6.45, 7) is 6.94. The van der Waals surface area contributed by atoms with Crippen LogP contribution < -0.4 is 0 Å². The fourth-order valence-electron chi connectivity index (χ4n) is 13.3. The molecule has 0 bridgehead atoms. The van der Waals surface area contributed by atoms with E-state index in [-0.39, 0.29) is 18.3 Å². The van der Waals surface area contributed by atoms with Gasteiger partial charge in [-0.05, 0) is 75.5 Å². The van der Waals surface area contributed by atoms with E-state index >= 15 is 4.57 Å². The second kappa shape index (κ2) is 47.3. The van der Waals surface area contributed by atoms with E-state index in [2.05, 4.69) is 20.8 Å². The van der Waals surface area contributed by atoms with Gasteiger partial charge in [-0.15, -0.1) is 0 Å². The summed E-state index contributed by atoms with van der Waals surface area (Å²) in [4.78, 5) is 0. The number of hydrogen-bond acceptors (Lipinski definition) is 4. The molecule has 0 N–H and O–H groups in total. The summed E-state index contributed by atoms with van der Waals surface area (Å²) in [7, 11) is -3.85. The summed E-state index contributed by atoms with van der Waals surface area (Å²) in [6.07, 6.45) is 75.3. The van der Waals surface area contributed by atoms with Gasteiger partial charge in [-0.1, -0.05) is 329 Å². The van der Waals surface area contributed by atoms with E-state index in [4.69, 9.17) is 13.6 Å². The molecule has 0 radical (unpaired) electrons. The van der Waals surface area contributed by atoms with Crippen LogP contribution in [0.15, 0.2) is 0 Å². The van der Waals surface area contributed by atoms with Gasteiger partial charge in [-0.2, -0.15) is 0 Å². The van der Waals surface area contributed by atoms with Crippen LogP contribution in [0, 0.1) is 17.8 Å². The number of hydrogen-bond donors (Lipinski definition) is 0. The minimum atomic E-state index is -3.85. The highest BCUT2D eigenvalue weighted by molar-refractivity contribution is 7.48. The average Bonchev–Trinajstić information content (AvgIpc) is 3.40. The van der Waals surface area contributed by atoms with E-state index in [9.17, 15) is 0 Å². The molecule has 3 fully saturated rings. The molecule has 3 aliphatic carbocycles. The molecule has 3 aliphatic rings. The fraction of sp³-hybridized carbons (Fsp3) is 1.00. The van der Waals surface area contributed by atoms with Crippen molar-refractivity contribution in [3.8, 4) is 0 Å². The van der Waals surface area contributed by atoms with Crippen molar-refractivity contribution in [2.75, 3.05) is 0 Å². The van der Waals surface area contributed by atoms with Crippen LogP contribution in [0.25, 0.3) is 0 Å². The Morgan fingerprint density at radius 2 is 0.437 bits per heavy atom. The van der Waals surface area contributed by atoms with Crippen LogP contribution in [-0.4, -0.2) is 18.3 Å². The Labute approximate surface area is 446 Å². The van der Waals surface area contributed by atoms with Crippen molar-refractivity contribution in [3.05, 3.63) is 0 Å². The maximum absolute atomic E-state index is 16.1. The van der Waals surface area contributed by atoms with Crippen LogP contribution in [0.2, 0.25) is 0 Å². The highest BCUT2D eigenvalue weighted by atomic mass is 31.2. The lowest BCUT2D eigenvalue weighted by Gasteiger charge is -2.38. The van der Waals surface area contributed by atoms with E-state index in [1.54, 1.807) is 0 Å². The second-order valence-electron chi connectivity index (χ2n) is 24.7. The Kier molecular flexibility index (Phi) is 43.6. The molecule has 0 aromatic rings. The first kappa shape index (κ1) is 65.4. The summed E-state index contributed by atoms with van der Waals surface area (Å²) in [5, 5.41) is 0. The van der Waals surface area contributed by atoms with E-state index < -0.39 is 7.82 Å². The van der Waals surface area contributed by atoms with Gasteiger partial charge in [0.25, 0.3) is 0 Å². The maximum Gasteiger partial charge on any atom is 0.475 e. The monoisotopic (exact) mass is 1020 g/mol. The number of phosphoric ester groups is 1. The molecule has 0 aliphatic heterocycles. The van der Waals surface area contributed by atoms with Crippen molar-refractivity contribution in [3.63, 3.8) is 0 Å². The second-order valence-corrected chi connectivity index (χ2v) is 26.2. The first-order valence-electron chi connectivity index (χ1n) is 33.7. The third kappa shape index (κ3) is 35.2. The van der Waals surface area contributed by atoms with Gasteiger partial charge < -0.3 is 0 Å². The Balaban J connectivity index is 1.66. The summed E-state index contributed by atoms with van der Waals surface area (Å²) in [5.74, 6) is 1.43. The Hall–Kier alpha value is 0.110. The first-order valence-corrected chi connectivity index (χ1v) is 35.2. The van der Waals surface area contributed by atoms with E-state index in [0.29, 0.717) is 17.8 Å². The minimum absolute atomic E-state index is 0.0134. The molecular formula is C66H129O4P. The smallest absolute Gasteiger partial charge is 0.283 e. The lowest BCUT2D eigenvalue weighted by atomic mass is 9.83. The molecule has 0 aromatic carbocycles. The molecule has 4 nitrogen and oxygen atoms in total. The molecule has 3 atom stereocenters. The van der Waals surface area contributed by atoms with E-state index in [1.807, 2.05) is 0 Å². The third-order valence-electron chi connectivity index (χ3n) is 18.1. The van der Waals surface area contributed by atoms with E-state index in [1.165, 1.54) is 347 Å². The molecule has 5 heteroatoms. The zero-order chi connectivity index (χ0) is 50.4. The van der Waals surface area contributed by atoms with Crippen molar-refractivity contribution in [1.29, 1.82) is 0 Å². The summed E-state index contributed by atoms with van der Waals surface area (Å²) < 4.78 is 37.9. The molecule has 0 spiro atoms. The predicted octanol–water partition coefficient (Wildman–Crippen LogP) is 24.4. The SMILES string of the molecule is CCCCCCCCCCCCCCCC(OP(=O)(OC(CCCCCCCCCCCCCCC)C1CCCCC1)OC(CCCCCCCCCCCCCCC)C1CCCCC1)C1CCCCC1. The summed E-state index contributed by atoms with van der Waals surface area (Å²) >= 11 is 0. The van der Waals surface area contributed by atoms with Gasteiger partial charge in [0.05, 0.1) is 18.3 Å². The third-order valence-corrected chi connectivity index (χ3v) is 19.7. The number of phosphoric acid groups is 1. The van der Waals surface area contributed by atoms with Crippen molar-refractivity contribution < 1.29 is 18.1 Å². The molecular weight excluding hydrogens is 888 g/mol. The van der Waals surface area contributed by atoms with Crippen LogP contribution in [0.5, 0.6) is 0 Å². The molecule has 0 heterocycles. The molecule has 3 unspecified atom stereocenters. The minimum Gasteiger partial charge on any atom is -0.283 e. The quantitative estimate of drug-likeness (QED) is 0.0450. The predicted molar refractivity (Wildman–Crippen MR) is 313 cm³/mol. The molecule has 71 heavy (non-hydrogen) atoms. The molecule has 0 saturated heterocycles. The number of rotatable bonds is 51. The van der Waals surface area contributed by atoms with Crippen molar-refractivity contribution in [1.82, 2.24) is 0 Å². The standard InChI is InChI=1S/C66H129O4P/c1-4-7-10-13-16-19-22-25-28-31-34-37-49-58-64(61-52-43-40-44-53-61)68-71(67,69-65(62-54-45-41-46-55-62)59-50-38-35-32-29-26-23-20-17-14-11-8-5-2)70-66(63-56-47-42-48-57-63)60-51-39-36-33-30-27-24-21-18-15-12-9-6-3/h61-66H,4-60H2,1-3H3. The van der Waals surface area contributed by atoms with Crippen LogP contribution in [-0.2, 0) is 18.1 Å². The van der Waals surface area contributed by atoms with Gasteiger partial charge in [-0.3, -0.25) is 13.6 Å². The van der Waals surface area contributed by atoms with Crippen molar-refractivity contribution >= 4 is 7.82 Å². The lowest BCUT2D eigenvalue weighted by Crippen LogP contribution is -2.32. The van der Waals surface area contributed by atoms with Crippen LogP contribution >= 0.6 is 7.82 Å².